The van der Waals surface area contributed by atoms with Crippen molar-refractivity contribution in [3.8, 4) is 0 Å². The fourth-order valence-electron chi connectivity index (χ4n) is 1.47. The van der Waals surface area contributed by atoms with E-state index < -0.39 is 11.8 Å². The fourth-order valence-corrected chi connectivity index (χ4v) is 2.86. The first-order valence-corrected chi connectivity index (χ1v) is 6.80. The number of thiophene rings is 1. The molecule has 2 rings (SSSR count). The molecular weight excluding hydrogens is 312 g/mol. The molecule has 100 valence electrons. The van der Waals surface area contributed by atoms with Gasteiger partial charge in [-0.3, -0.25) is 0 Å². The molecule has 0 fully saturated rings. The van der Waals surface area contributed by atoms with Gasteiger partial charge in [0.15, 0.2) is 0 Å². The lowest BCUT2D eigenvalue weighted by Gasteiger charge is -2.09. The lowest BCUT2D eigenvalue weighted by atomic mass is 10.3. The van der Waals surface area contributed by atoms with Crippen molar-refractivity contribution in [2.45, 2.75) is 6.54 Å². The summed E-state index contributed by atoms with van der Waals surface area (Å²) in [6.07, 6.45) is 0. The zero-order valence-electron chi connectivity index (χ0n) is 9.41. The zero-order chi connectivity index (χ0) is 14.0. The highest BCUT2D eigenvalue weighted by atomic mass is 35.5. The third-order valence-corrected chi connectivity index (χ3v) is 3.88. The largest absolute Gasteiger partial charge is 0.478 e. The Morgan fingerprint density at radius 2 is 1.95 bits per heavy atom. The third kappa shape index (κ3) is 3.37. The lowest BCUT2D eigenvalue weighted by Crippen LogP contribution is -2.00. The number of nitrogens with one attached hydrogen (secondary N) is 1. The van der Waals surface area contributed by atoms with Gasteiger partial charge >= 0.3 is 5.97 Å². The maximum Gasteiger partial charge on any atom is 0.336 e. The molecule has 0 aliphatic carbocycles. The van der Waals surface area contributed by atoms with Gasteiger partial charge in [0.25, 0.3) is 0 Å². The van der Waals surface area contributed by atoms with Gasteiger partial charge in [-0.25, -0.2) is 9.18 Å². The van der Waals surface area contributed by atoms with Crippen molar-refractivity contribution in [3.63, 3.8) is 0 Å². The van der Waals surface area contributed by atoms with Gasteiger partial charge in [0.05, 0.1) is 21.3 Å². The molecule has 0 radical (unpaired) electrons. The van der Waals surface area contributed by atoms with E-state index in [-0.39, 0.29) is 15.6 Å². The third-order valence-electron chi connectivity index (χ3n) is 2.35. The van der Waals surface area contributed by atoms with Gasteiger partial charge in [0, 0.05) is 16.8 Å². The monoisotopic (exact) mass is 319 g/mol. The number of carboxylic acid groups (broad SMARTS) is 1. The highest BCUT2D eigenvalue weighted by Crippen LogP contribution is 2.32. The smallest absolute Gasteiger partial charge is 0.336 e. The van der Waals surface area contributed by atoms with Crippen LogP contribution in [0.4, 0.5) is 10.1 Å². The number of benzene rings is 1. The predicted octanol–water partition coefficient (Wildman–Crippen LogP) is 4.50. The van der Waals surface area contributed by atoms with Gasteiger partial charge in [-0.2, -0.15) is 0 Å². The number of anilines is 1. The van der Waals surface area contributed by atoms with Crippen LogP contribution in [0.5, 0.6) is 0 Å². The summed E-state index contributed by atoms with van der Waals surface area (Å²) in [5.41, 5.74) is 0.660. The second kappa shape index (κ2) is 5.77. The standard InChI is InChI=1S/C12H8Cl2FNO2S/c13-9-2-7(15)3-10(14)11(9)16-4-8-1-6(5-19-8)12(17)18/h1-3,5,16H,4H2,(H,17,18). The molecule has 2 N–H and O–H groups in total. The second-order valence-corrected chi connectivity index (χ2v) is 5.52. The minimum atomic E-state index is -0.972. The molecule has 1 heterocycles. The van der Waals surface area contributed by atoms with Crippen molar-refractivity contribution in [2.24, 2.45) is 0 Å². The fraction of sp³-hybridized carbons (Fsp3) is 0.0833. The molecule has 0 bridgehead atoms. The van der Waals surface area contributed by atoms with E-state index in [1.165, 1.54) is 11.3 Å². The van der Waals surface area contributed by atoms with Crippen LogP contribution >= 0.6 is 34.5 Å². The van der Waals surface area contributed by atoms with E-state index in [1.807, 2.05) is 0 Å². The second-order valence-electron chi connectivity index (χ2n) is 3.70. The number of rotatable bonds is 4. The number of carboxylic acids is 1. The van der Waals surface area contributed by atoms with Crippen molar-refractivity contribution < 1.29 is 14.3 Å². The zero-order valence-corrected chi connectivity index (χ0v) is 11.7. The van der Waals surface area contributed by atoms with E-state index in [4.69, 9.17) is 28.3 Å². The SMILES string of the molecule is O=C(O)c1csc(CNc2c(Cl)cc(F)cc2Cl)c1. The van der Waals surface area contributed by atoms with E-state index in [2.05, 4.69) is 5.32 Å². The van der Waals surface area contributed by atoms with Gasteiger partial charge in [0.1, 0.15) is 5.82 Å². The van der Waals surface area contributed by atoms with E-state index in [9.17, 15) is 9.18 Å². The Balaban J connectivity index is 2.12. The minimum absolute atomic E-state index is 0.181. The number of halogens is 3. The first-order valence-electron chi connectivity index (χ1n) is 5.16. The molecule has 0 unspecified atom stereocenters. The van der Waals surface area contributed by atoms with Crippen LogP contribution < -0.4 is 5.32 Å². The Morgan fingerprint density at radius 3 is 2.47 bits per heavy atom. The molecular formula is C12H8Cl2FNO2S. The quantitative estimate of drug-likeness (QED) is 0.872. The summed E-state index contributed by atoms with van der Waals surface area (Å²) in [6, 6.07) is 3.88. The van der Waals surface area contributed by atoms with Crippen molar-refractivity contribution >= 4 is 46.2 Å². The van der Waals surface area contributed by atoms with Crippen LogP contribution in [0, 0.1) is 5.82 Å². The number of hydrogen-bond donors (Lipinski definition) is 2. The van der Waals surface area contributed by atoms with Gasteiger partial charge in [0.2, 0.25) is 0 Å². The van der Waals surface area contributed by atoms with Crippen molar-refractivity contribution in [2.75, 3.05) is 5.32 Å². The van der Waals surface area contributed by atoms with Crippen LogP contribution in [-0.2, 0) is 6.54 Å². The molecule has 1 aromatic heterocycles. The molecule has 7 heteroatoms. The Kier molecular flexibility index (Phi) is 4.29. The molecule has 0 spiro atoms. The molecule has 1 aromatic carbocycles. The molecule has 3 nitrogen and oxygen atoms in total. The van der Waals surface area contributed by atoms with Crippen LogP contribution in [0.2, 0.25) is 10.0 Å². The van der Waals surface area contributed by atoms with Gasteiger partial charge in [-0.05, 0) is 18.2 Å². The summed E-state index contributed by atoms with van der Waals surface area (Å²) in [5.74, 6) is -1.48. The van der Waals surface area contributed by atoms with E-state index in [0.29, 0.717) is 12.2 Å². The van der Waals surface area contributed by atoms with Crippen LogP contribution in [0.15, 0.2) is 23.6 Å². The highest BCUT2D eigenvalue weighted by molar-refractivity contribution is 7.10. The van der Waals surface area contributed by atoms with Crippen molar-refractivity contribution in [1.82, 2.24) is 0 Å². The number of carbonyl (C=O) groups is 1. The van der Waals surface area contributed by atoms with E-state index in [1.54, 1.807) is 11.4 Å². The van der Waals surface area contributed by atoms with Gasteiger partial charge < -0.3 is 10.4 Å². The normalized spacial score (nSPS) is 10.5. The summed E-state index contributed by atoms with van der Waals surface area (Å²) >= 11 is 13.1. The molecule has 0 aliphatic heterocycles. The van der Waals surface area contributed by atoms with Crippen LogP contribution in [0.1, 0.15) is 15.2 Å². The van der Waals surface area contributed by atoms with Crippen LogP contribution in [-0.4, -0.2) is 11.1 Å². The Labute approximate surface area is 122 Å². The van der Waals surface area contributed by atoms with Crippen LogP contribution in [0.3, 0.4) is 0 Å². The molecule has 0 aliphatic rings. The molecule has 19 heavy (non-hydrogen) atoms. The first kappa shape index (κ1) is 14.1. The molecule has 0 atom stereocenters. The predicted molar refractivity (Wildman–Crippen MR) is 75.0 cm³/mol. The first-order chi connectivity index (χ1) is 8.97. The maximum atomic E-state index is 13.0. The van der Waals surface area contributed by atoms with Crippen molar-refractivity contribution in [3.05, 3.63) is 49.9 Å². The summed E-state index contributed by atoms with van der Waals surface area (Å²) in [5, 5.41) is 13.7. The molecule has 0 saturated carbocycles. The van der Waals surface area contributed by atoms with E-state index >= 15 is 0 Å². The summed E-state index contributed by atoms with van der Waals surface area (Å²) < 4.78 is 13.0. The Morgan fingerprint density at radius 1 is 1.32 bits per heavy atom. The topological polar surface area (TPSA) is 49.3 Å². The average Bonchev–Trinajstić information content (AvgIpc) is 2.76. The Hall–Kier alpha value is -1.30. The number of hydrogen-bond acceptors (Lipinski definition) is 3. The summed E-state index contributed by atoms with van der Waals surface area (Å²) in [7, 11) is 0. The average molecular weight is 320 g/mol. The highest BCUT2D eigenvalue weighted by Gasteiger charge is 2.10. The molecule has 0 amide bonds. The minimum Gasteiger partial charge on any atom is -0.478 e. The van der Waals surface area contributed by atoms with Crippen molar-refractivity contribution in [1.29, 1.82) is 0 Å². The number of aromatic carboxylic acids is 1. The lowest BCUT2D eigenvalue weighted by molar-refractivity contribution is 0.0697. The maximum absolute atomic E-state index is 13.0. The van der Waals surface area contributed by atoms with E-state index in [0.717, 1.165) is 17.0 Å². The van der Waals surface area contributed by atoms with Gasteiger partial charge in [-0.15, -0.1) is 11.3 Å². The van der Waals surface area contributed by atoms with Crippen LogP contribution in [0.25, 0.3) is 0 Å². The Bertz CT molecular complexity index is 607. The molecule has 2 aromatic rings. The van der Waals surface area contributed by atoms with Gasteiger partial charge in [-0.1, -0.05) is 23.2 Å². The summed E-state index contributed by atoms with van der Waals surface area (Å²) in [4.78, 5) is 11.6. The molecule has 0 saturated heterocycles. The summed E-state index contributed by atoms with van der Waals surface area (Å²) in [6.45, 7) is 0.364.